The van der Waals surface area contributed by atoms with Gasteiger partial charge in [-0.05, 0) is 48.4 Å². The van der Waals surface area contributed by atoms with Crippen LogP contribution in [-0.4, -0.2) is 12.5 Å². The van der Waals surface area contributed by atoms with E-state index in [9.17, 15) is 4.79 Å². The first kappa shape index (κ1) is 17.6. The lowest BCUT2D eigenvalue weighted by atomic mass is 10.1. The molecule has 5 nitrogen and oxygen atoms in total. The van der Waals surface area contributed by atoms with Gasteiger partial charge in [0, 0.05) is 28.6 Å². The van der Waals surface area contributed by atoms with Crippen LogP contribution in [0, 0.1) is 11.3 Å². The summed E-state index contributed by atoms with van der Waals surface area (Å²) in [5.74, 6) is -0.461. The molecule has 4 N–H and O–H groups in total. The van der Waals surface area contributed by atoms with Crippen molar-refractivity contribution in [3.63, 3.8) is 0 Å². The van der Waals surface area contributed by atoms with Crippen molar-refractivity contribution in [2.45, 2.75) is 6.42 Å². The number of carbonyl (C=O) groups is 1. The van der Waals surface area contributed by atoms with Gasteiger partial charge in [-0.1, -0.05) is 28.1 Å². The maximum Gasteiger partial charge on any atom is 0.267 e. The molecule has 6 heteroatoms. The molecule has 0 bridgehead atoms. The molecule has 0 fully saturated rings. The van der Waals surface area contributed by atoms with Crippen LogP contribution in [0.2, 0.25) is 0 Å². The Hall–Kier alpha value is -2.78. The number of nitrogens with one attached hydrogen (secondary N) is 2. The number of anilines is 2. The van der Waals surface area contributed by atoms with Crippen LogP contribution in [0.3, 0.4) is 0 Å². The third-order valence-corrected chi connectivity index (χ3v) is 3.72. The van der Waals surface area contributed by atoms with Gasteiger partial charge in [-0.15, -0.1) is 0 Å². The fourth-order valence-electron chi connectivity index (χ4n) is 2.00. The quantitative estimate of drug-likeness (QED) is 0.308. The predicted octanol–water partition coefficient (Wildman–Crippen LogP) is 3.21. The second-order valence-electron chi connectivity index (χ2n) is 5.08. The van der Waals surface area contributed by atoms with E-state index in [2.05, 4.69) is 26.6 Å². The first-order valence-corrected chi connectivity index (χ1v) is 8.13. The van der Waals surface area contributed by atoms with Gasteiger partial charge in [-0.2, -0.15) is 5.26 Å². The van der Waals surface area contributed by atoms with Gasteiger partial charge in [-0.3, -0.25) is 4.79 Å². The van der Waals surface area contributed by atoms with Gasteiger partial charge in [-0.25, -0.2) is 0 Å². The molecule has 2 aromatic carbocycles. The zero-order chi connectivity index (χ0) is 17.4. The second-order valence-corrected chi connectivity index (χ2v) is 6.00. The molecule has 0 aliphatic carbocycles. The Kier molecular flexibility index (Phi) is 6.41. The standard InChI is InChI=1S/C18H17BrN4O/c19-15-3-1-2-13(10-15)8-9-22-12-14(11-20)18(24)23-17-6-4-16(21)5-7-17/h1-7,10,12,22H,8-9,21H2,(H,23,24)/b14-12-. The molecule has 0 saturated carbocycles. The average Bonchev–Trinajstić information content (AvgIpc) is 2.57. The molecule has 0 aliphatic heterocycles. The van der Waals surface area contributed by atoms with E-state index in [1.165, 1.54) is 6.20 Å². The third-order valence-electron chi connectivity index (χ3n) is 3.23. The molecule has 1 amide bonds. The number of nitrogens with two attached hydrogens (primary N) is 1. The van der Waals surface area contributed by atoms with Gasteiger partial charge in [0.1, 0.15) is 11.6 Å². The Balaban J connectivity index is 1.87. The highest BCUT2D eigenvalue weighted by Crippen LogP contribution is 2.12. The fourth-order valence-corrected chi connectivity index (χ4v) is 2.44. The van der Waals surface area contributed by atoms with E-state index < -0.39 is 5.91 Å². The topological polar surface area (TPSA) is 90.9 Å². The highest BCUT2D eigenvalue weighted by atomic mass is 79.9. The second kappa shape index (κ2) is 8.75. The lowest BCUT2D eigenvalue weighted by Crippen LogP contribution is -2.18. The van der Waals surface area contributed by atoms with Crippen LogP contribution in [0.15, 0.2) is 64.8 Å². The fraction of sp³-hybridized carbons (Fsp3) is 0.111. The lowest BCUT2D eigenvalue weighted by molar-refractivity contribution is -0.112. The zero-order valence-electron chi connectivity index (χ0n) is 12.9. The van der Waals surface area contributed by atoms with Gasteiger partial charge in [0.15, 0.2) is 0 Å². The monoisotopic (exact) mass is 384 g/mol. The minimum absolute atomic E-state index is 0.0149. The Bertz CT molecular complexity index is 778. The number of nitriles is 1. The highest BCUT2D eigenvalue weighted by molar-refractivity contribution is 9.10. The van der Waals surface area contributed by atoms with Crippen molar-refractivity contribution in [1.29, 1.82) is 5.26 Å². The maximum atomic E-state index is 12.1. The van der Waals surface area contributed by atoms with Crippen molar-refractivity contribution in [2.24, 2.45) is 0 Å². The van der Waals surface area contributed by atoms with Crippen LogP contribution in [-0.2, 0) is 11.2 Å². The number of rotatable bonds is 6. The molecule has 0 unspecified atom stereocenters. The summed E-state index contributed by atoms with van der Waals surface area (Å²) < 4.78 is 1.02. The van der Waals surface area contributed by atoms with Crippen LogP contribution in [0.1, 0.15) is 5.56 Å². The number of nitrogen functional groups attached to an aromatic ring is 1. The van der Waals surface area contributed by atoms with Crippen LogP contribution in [0.25, 0.3) is 0 Å². The third kappa shape index (κ3) is 5.45. The van der Waals surface area contributed by atoms with E-state index in [4.69, 9.17) is 11.0 Å². The Morgan fingerprint density at radius 1 is 1.25 bits per heavy atom. The number of halogens is 1. The molecule has 2 rings (SSSR count). The van der Waals surface area contributed by atoms with Gasteiger partial charge < -0.3 is 16.4 Å². The lowest BCUT2D eigenvalue weighted by Gasteiger charge is -2.06. The number of nitrogens with zero attached hydrogens (tertiary/aromatic N) is 1. The summed E-state index contributed by atoms with van der Waals surface area (Å²) in [5.41, 5.74) is 7.97. The van der Waals surface area contributed by atoms with Crippen molar-refractivity contribution in [3.05, 3.63) is 70.3 Å². The molecule has 24 heavy (non-hydrogen) atoms. The number of hydrogen-bond acceptors (Lipinski definition) is 4. The molecular weight excluding hydrogens is 368 g/mol. The molecule has 2 aromatic rings. The molecule has 0 atom stereocenters. The maximum absolute atomic E-state index is 12.1. The van der Waals surface area contributed by atoms with Crippen LogP contribution in [0.5, 0.6) is 0 Å². The number of hydrogen-bond donors (Lipinski definition) is 3. The molecule has 0 saturated heterocycles. The number of carbonyl (C=O) groups excluding carboxylic acids is 1. The normalized spacial score (nSPS) is 10.8. The average molecular weight is 385 g/mol. The number of benzene rings is 2. The molecule has 0 aliphatic rings. The summed E-state index contributed by atoms with van der Waals surface area (Å²) >= 11 is 3.42. The summed E-state index contributed by atoms with van der Waals surface area (Å²) in [4.78, 5) is 12.1. The SMILES string of the molecule is N#C/C(=C/NCCc1cccc(Br)c1)C(=O)Nc1ccc(N)cc1. The summed E-state index contributed by atoms with van der Waals surface area (Å²) in [6.45, 7) is 0.622. The summed E-state index contributed by atoms with van der Waals surface area (Å²) in [7, 11) is 0. The molecule has 0 aromatic heterocycles. The predicted molar refractivity (Wildman–Crippen MR) is 99.0 cm³/mol. The Morgan fingerprint density at radius 3 is 2.67 bits per heavy atom. The van der Waals surface area contributed by atoms with Crippen molar-refractivity contribution in [2.75, 3.05) is 17.6 Å². The molecule has 0 radical (unpaired) electrons. The van der Waals surface area contributed by atoms with Gasteiger partial charge in [0.25, 0.3) is 5.91 Å². The molecule has 122 valence electrons. The van der Waals surface area contributed by atoms with Crippen LogP contribution >= 0.6 is 15.9 Å². The molecule has 0 heterocycles. The van der Waals surface area contributed by atoms with Crippen LogP contribution in [0.4, 0.5) is 11.4 Å². The zero-order valence-corrected chi connectivity index (χ0v) is 14.5. The van der Waals surface area contributed by atoms with E-state index in [0.717, 1.165) is 16.5 Å². The Labute approximate surface area is 149 Å². The van der Waals surface area contributed by atoms with Gasteiger partial charge >= 0.3 is 0 Å². The smallest absolute Gasteiger partial charge is 0.267 e. The molecular formula is C18H17BrN4O. The Morgan fingerprint density at radius 2 is 2.00 bits per heavy atom. The van der Waals surface area contributed by atoms with Crippen LogP contribution < -0.4 is 16.4 Å². The highest BCUT2D eigenvalue weighted by Gasteiger charge is 2.08. The minimum Gasteiger partial charge on any atom is -0.399 e. The van der Waals surface area contributed by atoms with Gasteiger partial charge in [0.05, 0.1) is 0 Å². The van der Waals surface area contributed by atoms with E-state index in [-0.39, 0.29) is 5.57 Å². The summed E-state index contributed by atoms with van der Waals surface area (Å²) in [6, 6.07) is 16.6. The first-order chi connectivity index (χ1) is 11.6. The van der Waals surface area contributed by atoms with Crippen molar-refractivity contribution < 1.29 is 4.79 Å². The van der Waals surface area contributed by atoms with Crippen molar-refractivity contribution >= 4 is 33.2 Å². The summed E-state index contributed by atoms with van der Waals surface area (Å²) in [5, 5.41) is 14.8. The summed E-state index contributed by atoms with van der Waals surface area (Å²) in [6.07, 6.45) is 2.22. The van der Waals surface area contributed by atoms with Gasteiger partial charge in [0.2, 0.25) is 0 Å². The van der Waals surface area contributed by atoms with E-state index in [1.54, 1.807) is 24.3 Å². The largest absolute Gasteiger partial charge is 0.399 e. The first-order valence-electron chi connectivity index (χ1n) is 7.33. The van der Waals surface area contributed by atoms with E-state index in [0.29, 0.717) is 17.9 Å². The van der Waals surface area contributed by atoms with Crippen molar-refractivity contribution in [3.8, 4) is 6.07 Å². The number of amides is 1. The van der Waals surface area contributed by atoms with Crippen molar-refractivity contribution in [1.82, 2.24) is 5.32 Å². The van der Waals surface area contributed by atoms with E-state index >= 15 is 0 Å². The van der Waals surface area contributed by atoms with E-state index in [1.807, 2.05) is 30.3 Å². The minimum atomic E-state index is -0.461. The molecule has 0 spiro atoms.